The molecule has 1 aromatic heterocycles. The normalized spacial score (nSPS) is 10.9. The van der Waals surface area contributed by atoms with Crippen LogP contribution in [0.25, 0.3) is 5.69 Å². The van der Waals surface area contributed by atoms with Crippen LogP contribution in [-0.2, 0) is 13.1 Å². The summed E-state index contributed by atoms with van der Waals surface area (Å²) in [5, 5.41) is 7.14. The maximum absolute atomic E-state index is 12.7. The minimum absolute atomic E-state index is 0.112. The van der Waals surface area contributed by atoms with Gasteiger partial charge in [-0.1, -0.05) is 42.5 Å². The van der Waals surface area contributed by atoms with Crippen LogP contribution >= 0.6 is 0 Å². The molecule has 0 saturated heterocycles. The first-order valence-corrected chi connectivity index (χ1v) is 9.12. The smallest absolute Gasteiger partial charge is 0.276 e. The molecule has 0 radical (unpaired) electrons. The lowest BCUT2D eigenvalue weighted by Gasteiger charge is -2.15. The number of rotatable bonds is 6. The maximum atomic E-state index is 12.7. The van der Waals surface area contributed by atoms with Crippen molar-refractivity contribution in [2.24, 2.45) is 0 Å². The van der Waals surface area contributed by atoms with Gasteiger partial charge in [0.05, 0.1) is 5.69 Å². The van der Waals surface area contributed by atoms with Gasteiger partial charge in [-0.2, -0.15) is 5.10 Å². The van der Waals surface area contributed by atoms with Gasteiger partial charge in [-0.3, -0.25) is 9.59 Å². The van der Waals surface area contributed by atoms with Crippen LogP contribution in [0.3, 0.4) is 0 Å². The lowest BCUT2D eigenvalue weighted by Crippen LogP contribution is -2.32. The zero-order chi connectivity index (χ0) is 20.1. The Morgan fingerprint density at radius 1 is 1.04 bits per heavy atom. The highest BCUT2D eigenvalue weighted by Crippen LogP contribution is 2.11. The van der Waals surface area contributed by atoms with E-state index in [1.165, 1.54) is 6.07 Å². The molecule has 0 aliphatic rings. The second kappa shape index (κ2) is 8.63. The van der Waals surface area contributed by atoms with E-state index in [0.29, 0.717) is 12.2 Å². The Balaban J connectivity index is 1.83. The van der Waals surface area contributed by atoms with E-state index in [9.17, 15) is 9.59 Å². The van der Waals surface area contributed by atoms with Gasteiger partial charge in [0, 0.05) is 24.8 Å². The molecule has 28 heavy (non-hydrogen) atoms. The summed E-state index contributed by atoms with van der Waals surface area (Å²) in [4.78, 5) is 27.1. The van der Waals surface area contributed by atoms with Crippen molar-refractivity contribution < 1.29 is 4.79 Å². The van der Waals surface area contributed by atoms with Gasteiger partial charge >= 0.3 is 0 Å². The van der Waals surface area contributed by atoms with Crippen LogP contribution in [0.1, 0.15) is 27.3 Å². The number of aromatic nitrogens is 2. The van der Waals surface area contributed by atoms with Gasteiger partial charge in [0.1, 0.15) is 0 Å². The maximum Gasteiger partial charge on any atom is 0.276 e. The number of nitrogens with one attached hydrogen (secondary N) is 1. The Hall–Kier alpha value is -3.25. The second-order valence-corrected chi connectivity index (χ2v) is 6.94. The molecule has 3 rings (SSSR count). The minimum Gasteiger partial charge on any atom is -0.346 e. The molecule has 0 atom stereocenters. The number of hydrogen-bond acceptors (Lipinski definition) is 4. The average Bonchev–Trinajstić information content (AvgIpc) is 2.67. The van der Waals surface area contributed by atoms with E-state index in [1.54, 1.807) is 11.6 Å². The van der Waals surface area contributed by atoms with Crippen molar-refractivity contribution in [3.8, 4) is 5.69 Å². The highest BCUT2D eigenvalue weighted by Gasteiger charge is 2.15. The third-order valence-electron chi connectivity index (χ3n) is 4.37. The number of para-hydroxylation sites is 1. The molecule has 0 unspecified atom stereocenters. The molecule has 0 fully saturated rings. The summed E-state index contributed by atoms with van der Waals surface area (Å²) in [6, 6.07) is 18.8. The molecule has 144 valence electrons. The largest absolute Gasteiger partial charge is 0.346 e. The lowest BCUT2D eigenvalue weighted by atomic mass is 10.1. The molecule has 1 heterocycles. The molecule has 0 aliphatic carbocycles. The van der Waals surface area contributed by atoms with Gasteiger partial charge in [0.15, 0.2) is 5.69 Å². The average molecular weight is 376 g/mol. The number of amides is 1. The summed E-state index contributed by atoms with van der Waals surface area (Å²) < 4.78 is 1.61. The van der Waals surface area contributed by atoms with E-state index < -0.39 is 5.91 Å². The van der Waals surface area contributed by atoms with Gasteiger partial charge in [0.2, 0.25) is 5.43 Å². The molecule has 6 nitrogen and oxygen atoms in total. The Labute approximate surface area is 164 Å². The van der Waals surface area contributed by atoms with E-state index in [2.05, 4.69) is 15.3 Å². The molecular weight excluding hydrogens is 352 g/mol. The fourth-order valence-corrected chi connectivity index (χ4v) is 3.02. The number of aryl methyl sites for hydroxylation is 1. The Kier molecular flexibility index (Phi) is 6.01. The van der Waals surface area contributed by atoms with Crippen LogP contribution in [0.5, 0.6) is 0 Å². The monoisotopic (exact) mass is 376 g/mol. The summed E-state index contributed by atoms with van der Waals surface area (Å²) in [5.74, 6) is -0.477. The third kappa shape index (κ3) is 4.53. The summed E-state index contributed by atoms with van der Waals surface area (Å²) in [6.45, 7) is 2.90. The van der Waals surface area contributed by atoms with Gasteiger partial charge in [0.25, 0.3) is 5.91 Å². The fourth-order valence-electron chi connectivity index (χ4n) is 3.02. The van der Waals surface area contributed by atoms with E-state index in [0.717, 1.165) is 23.4 Å². The van der Waals surface area contributed by atoms with Crippen LogP contribution in [0.4, 0.5) is 0 Å². The van der Waals surface area contributed by atoms with Gasteiger partial charge in [-0.15, -0.1) is 0 Å². The highest BCUT2D eigenvalue weighted by molar-refractivity contribution is 5.92. The fraction of sp³-hybridized carbons (Fsp3) is 0.227. The molecule has 3 aromatic rings. The number of benzene rings is 2. The van der Waals surface area contributed by atoms with Gasteiger partial charge in [-0.05, 0) is 44.3 Å². The topological polar surface area (TPSA) is 67.2 Å². The number of carbonyl (C=O) groups is 1. The van der Waals surface area contributed by atoms with Crippen molar-refractivity contribution in [2.45, 2.75) is 20.0 Å². The SMILES string of the molecule is Cc1cc(=O)c(C(=O)NCc2ccccc2CN(C)C)nn1-c1ccccc1. The second-order valence-electron chi connectivity index (χ2n) is 6.94. The molecule has 2 aromatic carbocycles. The summed E-state index contributed by atoms with van der Waals surface area (Å²) in [6.07, 6.45) is 0. The predicted molar refractivity (Wildman–Crippen MR) is 110 cm³/mol. The molecular formula is C22H24N4O2. The summed E-state index contributed by atoms with van der Waals surface area (Å²) in [5.41, 5.74) is 3.11. The van der Waals surface area contributed by atoms with Crippen LogP contribution in [0, 0.1) is 6.92 Å². The number of carbonyl (C=O) groups excluding carboxylic acids is 1. The standard InChI is InChI=1S/C22H24N4O2/c1-16-13-20(27)21(24-26(16)19-11-5-4-6-12-19)22(28)23-14-17-9-7-8-10-18(17)15-25(2)3/h4-13H,14-15H2,1-3H3,(H,23,28). The zero-order valence-corrected chi connectivity index (χ0v) is 16.3. The van der Waals surface area contributed by atoms with Crippen LogP contribution in [0.15, 0.2) is 65.5 Å². The minimum atomic E-state index is -0.477. The van der Waals surface area contributed by atoms with Gasteiger partial charge in [-0.25, -0.2) is 4.68 Å². The molecule has 1 amide bonds. The number of hydrogen-bond donors (Lipinski definition) is 1. The summed E-state index contributed by atoms with van der Waals surface area (Å²) in [7, 11) is 4.00. The number of nitrogens with zero attached hydrogens (tertiary/aromatic N) is 3. The Bertz CT molecular complexity index is 1030. The van der Waals surface area contributed by atoms with Crippen LogP contribution in [-0.4, -0.2) is 34.7 Å². The van der Waals surface area contributed by atoms with Crippen molar-refractivity contribution in [2.75, 3.05) is 14.1 Å². The Morgan fingerprint density at radius 3 is 2.36 bits per heavy atom. The van der Waals surface area contributed by atoms with Crippen LogP contribution in [0.2, 0.25) is 0 Å². The Morgan fingerprint density at radius 2 is 1.68 bits per heavy atom. The molecule has 0 bridgehead atoms. The van der Waals surface area contributed by atoms with Crippen molar-refractivity contribution in [3.63, 3.8) is 0 Å². The first-order chi connectivity index (χ1) is 13.5. The van der Waals surface area contributed by atoms with Crippen molar-refractivity contribution in [1.29, 1.82) is 0 Å². The van der Waals surface area contributed by atoms with Crippen molar-refractivity contribution >= 4 is 5.91 Å². The quantitative estimate of drug-likeness (QED) is 0.718. The first kappa shape index (κ1) is 19.5. The van der Waals surface area contributed by atoms with Crippen molar-refractivity contribution in [1.82, 2.24) is 20.0 Å². The molecule has 0 aliphatic heterocycles. The molecule has 6 heteroatoms. The molecule has 0 saturated carbocycles. The zero-order valence-electron chi connectivity index (χ0n) is 16.3. The lowest BCUT2D eigenvalue weighted by molar-refractivity contribution is 0.0943. The highest BCUT2D eigenvalue weighted by atomic mass is 16.2. The van der Waals surface area contributed by atoms with E-state index in [-0.39, 0.29) is 11.1 Å². The van der Waals surface area contributed by atoms with Crippen molar-refractivity contribution in [3.05, 3.63) is 93.4 Å². The molecule has 1 N–H and O–H groups in total. The van der Waals surface area contributed by atoms with Gasteiger partial charge < -0.3 is 10.2 Å². The van der Waals surface area contributed by atoms with Crippen LogP contribution < -0.4 is 10.7 Å². The third-order valence-corrected chi connectivity index (χ3v) is 4.37. The predicted octanol–water partition coefficient (Wildman–Crippen LogP) is 2.53. The van der Waals surface area contributed by atoms with E-state index in [4.69, 9.17) is 0 Å². The first-order valence-electron chi connectivity index (χ1n) is 9.12. The van der Waals surface area contributed by atoms with E-state index >= 15 is 0 Å². The summed E-state index contributed by atoms with van der Waals surface area (Å²) >= 11 is 0. The van der Waals surface area contributed by atoms with E-state index in [1.807, 2.05) is 68.7 Å². The molecule has 0 spiro atoms.